The molecule has 4 nitrogen and oxygen atoms in total. The molecule has 2 fully saturated rings. The fourth-order valence-electron chi connectivity index (χ4n) is 2.92. The van der Waals surface area contributed by atoms with Crippen molar-refractivity contribution in [2.45, 2.75) is 44.7 Å². The van der Waals surface area contributed by atoms with Gasteiger partial charge in [0.05, 0.1) is 0 Å². The summed E-state index contributed by atoms with van der Waals surface area (Å²) in [6, 6.07) is 0.0419. The second-order valence-corrected chi connectivity index (χ2v) is 6.10. The third-order valence-electron chi connectivity index (χ3n) is 3.90. The lowest BCUT2D eigenvalue weighted by molar-refractivity contribution is -0.143. The SMILES string of the molecule is CSCC(C)N1CCC(=O)N2CCCCC2C1=O. The molecule has 2 saturated heterocycles. The van der Waals surface area contributed by atoms with Gasteiger partial charge in [-0.15, -0.1) is 0 Å². The van der Waals surface area contributed by atoms with E-state index in [1.54, 1.807) is 11.8 Å². The first-order valence-corrected chi connectivity index (χ1v) is 8.13. The van der Waals surface area contributed by atoms with E-state index in [-0.39, 0.29) is 23.9 Å². The molecule has 0 saturated carbocycles. The van der Waals surface area contributed by atoms with Gasteiger partial charge in [0.1, 0.15) is 6.04 Å². The Morgan fingerprint density at radius 3 is 2.83 bits per heavy atom. The van der Waals surface area contributed by atoms with Crippen molar-refractivity contribution in [3.8, 4) is 0 Å². The van der Waals surface area contributed by atoms with Gasteiger partial charge in [-0.2, -0.15) is 11.8 Å². The third kappa shape index (κ3) is 2.66. The van der Waals surface area contributed by atoms with E-state index in [1.165, 1.54) is 0 Å². The van der Waals surface area contributed by atoms with Crippen molar-refractivity contribution in [2.75, 3.05) is 25.1 Å². The lowest BCUT2D eigenvalue weighted by Crippen LogP contribution is -2.51. The van der Waals surface area contributed by atoms with Crippen molar-refractivity contribution < 1.29 is 9.59 Å². The third-order valence-corrected chi connectivity index (χ3v) is 4.71. The maximum Gasteiger partial charge on any atom is 0.245 e. The summed E-state index contributed by atoms with van der Waals surface area (Å²) in [4.78, 5) is 28.4. The highest BCUT2D eigenvalue weighted by Gasteiger charge is 2.38. The first-order chi connectivity index (χ1) is 8.65. The highest BCUT2D eigenvalue weighted by molar-refractivity contribution is 7.98. The maximum atomic E-state index is 12.6. The Morgan fingerprint density at radius 1 is 1.33 bits per heavy atom. The number of hydrogen-bond donors (Lipinski definition) is 0. The molecule has 2 aliphatic rings. The van der Waals surface area contributed by atoms with Crippen molar-refractivity contribution in [2.24, 2.45) is 0 Å². The van der Waals surface area contributed by atoms with E-state index in [0.717, 1.165) is 31.6 Å². The largest absolute Gasteiger partial charge is 0.337 e. The van der Waals surface area contributed by atoms with Crippen molar-refractivity contribution in [3.63, 3.8) is 0 Å². The smallest absolute Gasteiger partial charge is 0.245 e. The van der Waals surface area contributed by atoms with E-state index in [4.69, 9.17) is 0 Å². The molecule has 0 radical (unpaired) electrons. The van der Waals surface area contributed by atoms with E-state index < -0.39 is 0 Å². The standard InChI is InChI=1S/C13H22N2O2S/c1-10(9-18-2)14-8-6-12(16)15-7-4-3-5-11(15)13(14)17/h10-11H,3-9H2,1-2H3. The topological polar surface area (TPSA) is 40.6 Å². The highest BCUT2D eigenvalue weighted by atomic mass is 32.2. The summed E-state index contributed by atoms with van der Waals surface area (Å²) in [6.07, 6.45) is 5.48. The summed E-state index contributed by atoms with van der Waals surface area (Å²) in [7, 11) is 0. The van der Waals surface area contributed by atoms with Crippen LogP contribution in [0.2, 0.25) is 0 Å². The highest BCUT2D eigenvalue weighted by Crippen LogP contribution is 2.24. The molecule has 0 aromatic carbocycles. The minimum atomic E-state index is -0.182. The minimum Gasteiger partial charge on any atom is -0.337 e. The number of piperidine rings is 1. The Bertz CT molecular complexity index is 335. The molecular formula is C13H22N2O2S. The molecule has 0 aliphatic carbocycles. The zero-order valence-electron chi connectivity index (χ0n) is 11.2. The van der Waals surface area contributed by atoms with Crippen LogP contribution in [0.4, 0.5) is 0 Å². The summed E-state index contributed by atoms with van der Waals surface area (Å²) in [5.74, 6) is 1.26. The molecule has 2 atom stereocenters. The van der Waals surface area contributed by atoms with Crippen LogP contribution in [0, 0.1) is 0 Å². The molecule has 2 rings (SSSR count). The zero-order valence-corrected chi connectivity index (χ0v) is 12.0. The molecule has 2 amide bonds. The molecule has 0 aromatic heterocycles. The van der Waals surface area contributed by atoms with Gasteiger partial charge < -0.3 is 9.80 Å². The molecule has 2 heterocycles. The van der Waals surface area contributed by atoms with Gasteiger partial charge in [0, 0.05) is 31.3 Å². The number of nitrogens with zero attached hydrogens (tertiary/aromatic N) is 2. The maximum absolute atomic E-state index is 12.6. The Labute approximate surface area is 113 Å². The second kappa shape index (κ2) is 5.95. The Hall–Kier alpha value is -0.710. The van der Waals surface area contributed by atoms with Crippen LogP contribution in [0.3, 0.4) is 0 Å². The first-order valence-electron chi connectivity index (χ1n) is 6.74. The molecule has 0 bridgehead atoms. The number of carbonyl (C=O) groups is 2. The van der Waals surface area contributed by atoms with E-state index in [1.807, 2.05) is 9.80 Å². The van der Waals surface area contributed by atoms with Gasteiger partial charge in [-0.3, -0.25) is 9.59 Å². The molecule has 0 N–H and O–H groups in total. The van der Waals surface area contributed by atoms with Crippen molar-refractivity contribution in [1.29, 1.82) is 0 Å². The lowest BCUT2D eigenvalue weighted by atomic mass is 10.0. The van der Waals surface area contributed by atoms with Crippen molar-refractivity contribution in [1.82, 2.24) is 9.80 Å². The molecule has 2 aliphatic heterocycles. The van der Waals surface area contributed by atoms with Gasteiger partial charge in [0.25, 0.3) is 0 Å². The summed E-state index contributed by atoms with van der Waals surface area (Å²) in [6.45, 7) is 3.43. The van der Waals surface area contributed by atoms with Crippen LogP contribution in [0.5, 0.6) is 0 Å². The van der Waals surface area contributed by atoms with E-state index in [9.17, 15) is 9.59 Å². The quantitative estimate of drug-likeness (QED) is 0.777. The monoisotopic (exact) mass is 270 g/mol. The fourth-order valence-corrected chi connectivity index (χ4v) is 3.58. The van der Waals surface area contributed by atoms with Crippen molar-refractivity contribution in [3.05, 3.63) is 0 Å². The summed E-state index contributed by atoms with van der Waals surface area (Å²) in [5, 5.41) is 0. The summed E-state index contributed by atoms with van der Waals surface area (Å²) in [5.41, 5.74) is 0. The van der Waals surface area contributed by atoms with Crippen LogP contribution >= 0.6 is 11.8 Å². The van der Waals surface area contributed by atoms with E-state index in [0.29, 0.717) is 13.0 Å². The number of thioether (sulfide) groups is 1. The molecule has 102 valence electrons. The van der Waals surface area contributed by atoms with Gasteiger partial charge >= 0.3 is 0 Å². The number of amides is 2. The molecule has 0 aromatic rings. The average molecular weight is 270 g/mol. The molecule has 2 unspecified atom stereocenters. The first kappa shape index (κ1) is 13.7. The second-order valence-electron chi connectivity index (χ2n) is 5.18. The summed E-state index contributed by atoms with van der Waals surface area (Å²) >= 11 is 1.75. The van der Waals surface area contributed by atoms with Crippen LogP contribution in [0.25, 0.3) is 0 Å². The van der Waals surface area contributed by atoms with Gasteiger partial charge in [-0.25, -0.2) is 0 Å². The number of rotatable bonds is 3. The van der Waals surface area contributed by atoms with Gasteiger partial charge in [0.15, 0.2) is 0 Å². The van der Waals surface area contributed by atoms with Crippen LogP contribution < -0.4 is 0 Å². The lowest BCUT2D eigenvalue weighted by Gasteiger charge is -2.36. The molecule has 5 heteroatoms. The van der Waals surface area contributed by atoms with E-state index in [2.05, 4.69) is 13.2 Å². The van der Waals surface area contributed by atoms with E-state index >= 15 is 0 Å². The van der Waals surface area contributed by atoms with Crippen LogP contribution in [0.1, 0.15) is 32.6 Å². The Balaban J connectivity index is 2.15. The Morgan fingerprint density at radius 2 is 2.11 bits per heavy atom. The van der Waals surface area contributed by atoms with Crippen LogP contribution in [-0.2, 0) is 9.59 Å². The number of carbonyl (C=O) groups excluding carboxylic acids is 2. The van der Waals surface area contributed by atoms with Crippen molar-refractivity contribution >= 4 is 23.6 Å². The van der Waals surface area contributed by atoms with Gasteiger partial charge in [0.2, 0.25) is 11.8 Å². The average Bonchev–Trinajstić information content (AvgIpc) is 2.50. The predicted octanol–water partition coefficient (Wildman–Crippen LogP) is 1.35. The zero-order chi connectivity index (χ0) is 13.1. The van der Waals surface area contributed by atoms with Gasteiger partial charge in [-0.1, -0.05) is 0 Å². The molecule has 0 spiro atoms. The minimum absolute atomic E-state index is 0.159. The molecule has 18 heavy (non-hydrogen) atoms. The van der Waals surface area contributed by atoms with Crippen LogP contribution in [-0.4, -0.2) is 58.8 Å². The van der Waals surface area contributed by atoms with Gasteiger partial charge in [-0.05, 0) is 32.4 Å². The number of hydrogen-bond acceptors (Lipinski definition) is 3. The fraction of sp³-hybridized carbons (Fsp3) is 0.846. The summed E-state index contributed by atoms with van der Waals surface area (Å²) < 4.78 is 0. The molecular weight excluding hydrogens is 248 g/mol. The number of fused-ring (bicyclic) bond motifs is 1. The predicted molar refractivity (Wildman–Crippen MR) is 73.5 cm³/mol. The van der Waals surface area contributed by atoms with Crippen LogP contribution in [0.15, 0.2) is 0 Å². The Kier molecular flexibility index (Phi) is 4.54. The normalized spacial score (nSPS) is 26.9.